The second-order valence-electron chi connectivity index (χ2n) is 6.05. The molecule has 1 aromatic carbocycles. The summed E-state index contributed by atoms with van der Waals surface area (Å²) in [5.41, 5.74) is 1.77. The molecule has 0 aliphatic carbocycles. The molecule has 128 valence electrons. The van der Waals surface area contributed by atoms with Crippen LogP contribution in [0.1, 0.15) is 25.1 Å². The fraction of sp³-hybridized carbons (Fsp3) is 0.368. The highest BCUT2D eigenvalue weighted by atomic mass is 16.5. The maximum Gasteiger partial charge on any atom is 0.224 e. The van der Waals surface area contributed by atoms with Gasteiger partial charge in [-0.25, -0.2) is 0 Å². The summed E-state index contributed by atoms with van der Waals surface area (Å²) >= 11 is 0. The smallest absolute Gasteiger partial charge is 0.224 e. The molecule has 2 N–H and O–H groups in total. The number of carbonyl (C=O) groups is 1. The molecule has 0 radical (unpaired) electrons. The molecule has 5 heteroatoms. The number of carbonyl (C=O) groups excluding carboxylic acids is 1. The summed E-state index contributed by atoms with van der Waals surface area (Å²) in [6.45, 7) is 4.52. The number of aliphatic hydroxyl groups excluding tert-OH is 1. The molecule has 5 nitrogen and oxygen atoms in total. The van der Waals surface area contributed by atoms with Crippen molar-refractivity contribution in [3.8, 4) is 5.75 Å². The van der Waals surface area contributed by atoms with E-state index in [-0.39, 0.29) is 24.8 Å². The highest BCUT2D eigenvalue weighted by Gasteiger charge is 2.11. The lowest BCUT2D eigenvalue weighted by Gasteiger charge is -2.15. The van der Waals surface area contributed by atoms with Gasteiger partial charge in [-0.05, 0) is 35.7 Å². The normalized spacial score (nSPS) is 12.0. The first-order valence-corrected chi connectivity index (χ1v) is 8.11. The van der Waals surface area contributed by atoms with Crippen LogP contribution in [0.5, 0.6) is 5.75 Å². The van der Waals surface area contributed by atoms with Crippen LogP contribution in [0.15, 0.2) is 48.7 Å². The van der Waals surface area contributed by atoms with Gasteiger partial charge in [-0.1, -0.05) is 32.0 Å². The van der Waals surface area contributed by atoms with E-state index < -0.39 is 6.10 Å². The first-order chi connectivity index (χ1) is 11.5. The molecule has 1 aromatic heterocycles. The molecule has 0 spiro atoms. The predicted molar refractivity (Wildman–Crippen MR) is 92.6 cm³/mol. The number of ether oxygens (including phenoxy) is 1. The van der Waals surface area contributed by atoms with E-state index in [2.05, 4.69) is 10.3 Å². The Morgan fingerprint density at radius 3 is 2.58 bits per heavy atom. The lowest BCUT2D eigenvalue weighted by atomic mass is 10.1. The number of aliphatic hydroxyl groups is 1. The van der Waals surface area contributed by atoms with Crippen molar-refractivity contribution < 1.29 is 14.6 Å². The maximum absolute atomic E-state index is 11.9. The average molecular weight is 328 g/mol. The van der Waals surface area contributed by atoms with Crippen molar-refractivity contribution in [3.05, 3.63) is 59.9 Å². The summed E-state index contributed by atoms with van der Waals surface area (Å²) in [5, 5.41) is 12.4. The van der Waals surface area contributed by atoms with Crippen molar-refractivity contribution in [3.63, 3.8) is 0 Å². The Kier molecular flexibility index (Phi) is 6.75. The third-order valence-electron chi connectivity index (χ3n) is 3.68. The van der Waals surface area contributed by atoms with Crippen LogP contribution in [0.3, 0.4) is 0 Å². The fourth-order valence-electron chi connectivity index (χ4n) is 2.05. The van der Waals surface area contributed by atoms with E-state index in [9.17, 15) is 9.90 Å². The Balaban J connectivity index is 1.78. The number of nitrogens with one attached hydrogen (secondary N) is 1. The number of benzene rings is 1. The van der Waals surface area contributed by atoms with Crippen LogP contribution in [-0.4, -0.2) is 28.6 Å². The van der Waals surface area contributed by atoms with Crippen LogP contribution in [0.25, 0.3) is 0 Å². The van der Waals surface area contributed by atoms with Gasteiger partial charge in [0.15, 0.2) is 0 Å². The highest BCUT2D eigenvalue weighted by Crippen LogP contribution is 2.14. The van der Waals surface area contributed by atoms with Gasteiger partial charge in [-0.2, -0.15) is 0 Å². The minimum atomic E-state index is -0.517. The number of amides is 1. The van der Waals surface area contributed by atoms with Crippen molar-refractivity contribution in [2.24, 2.45) is 5.92 Å². The van der Waals surface area contributed by atoms with Crippen molar-refractivity contribution in [1.82, 2.24) is 10.3 Å². The molecule has 1 unspecified atom stereocenters. The Hall–Kier alpha value is -2.40. The molecule has 1 amide bonds. The minimum Gasteiger partial charge on any atom is -0.487 e. The number of pyridine rings is 1. The van der Waals surface area contributed by atoms with Gasteiger partial charge in [-0.15, -0.1) is 0 Å². The summed E-state index contributed by atoms with van der Waals surface area (Å²) in [6.07, 6.45) is 1.50. The van der Waals surface area contributed by atoms with E-state index in [1.807, 2.05) is 56.3 Å². The van der Waals surface area contributed by atoms with E-state index in [0.717, 1.165) is 17.0 Å². The van der Waals surface area contributed by atoms with Crippen molar-refractivity contribution in [2.75, 3.05) is 6.54 Å². The zero-order valence-corrected chi connectivity index (χ0v) is 14.1. The molecule has 1 atom stereocenters. The van der Waals surface area contributed by atoms with E-state index in [4.69, 9.17) is 4.74 Å². The quantitative estimate of drug-likeness (QED) is 0.780. The van der Waals surface area contributed by atoms with E-state index in [1.54, 1.807) is 6.20 Å². The largest absolute Gasteiger partial charge is 0.487 e. The number of aromatic nitrogens is 1. The molecule has 2 rings (SSSR count). The second kappa shape index (κ2) is 9.03. The summed E-state index contributed by atoms with van der Waals surface area (Å²) in [6, 6.07) is 13.1. The van der Waals surface area contributed by atoms with Gasteiger partial charge in [0.1, 0.15) is 12.4 Å². The van der Waals surface area contributed by atoms with Gasteiger partial charge < -0.3 is 15.2 Å². The molecule has 0 fully saturated rings. The van der Waals surface area contributed by atoms with Gasteiger partial charge in [0.25, 0.3) is 0 Å². The Bertz CT molecular complexity index is 627. The number of hydrogen-bond donors (Lipinski definition) is 2. The summed E-state index contributed by atoms with van der Waals surface area (Å²) in [4.78, 5) is 16.1. The molecule has 0 saturated heterocycles. The molecular formula is C19H24N2O3. The molecule has 0 saturated carbocycles. The van der Waals surface area contributed by atoms with Gasteiger partial charge in [0.2, 0.25) is 5.91 Å². The van der Waals surface area contributed by atoms with Gasteiger partial charge in [0, 0.05) is 12.7 Å². The van der Waals surface area contributed by atoms with Crippen LogP contribution in [-0.2, 0) is 17.8 Å². The molecule has 1 heterocycles. The van der Waals surface area contributed by atoms with Crippen molar-refractivity contribution in [2.45, 2.75) is 33.0 Å². The molecular weight excluding hydrogens is 304 g/mol. The molecule has 0 bridgehead atoms. The van der Waals surface area contributed by atoms with Crippen LogP contribution < -0.4 is 10.1 Å². The van der Waals surface area contributed by atoms with Crippen molar-refractivity contribution >= 4 is 5.91 Å². The van der Waals surface area contributed by atoms with E-state index in [0.29, 0.717) is 6.61 Å². The molecule has 2 aromatic rings. The Morgan fingerprint density at radius 1 is 1.21 bits per heavy atom. The minimum absolute atomic E-state index is 0.100. The Morgan fingerprint density at radius 2 is 1.96 bits per heavy atom. The fourth-order valence-corrected chi connectivity index (χ4v) is 2.05. The molecule has 0 aliphatic rings. The summed E-state index contributed by atoms with van der Waals surface area (Å²) in [5.74, 6) is 0.762. The van der Waals surface area contributed by atoms with Crippen LogP contribution >= 0.6 is 0 Å². The Labute approximate surface area is 142 Å². The first-order valence-electron chi connectivity index (χ1n) is 8.11. The van der Waals surface area contributed by atoms with E-state index >= 15 is 0 Å². The van der Waals surface area contributed by atoms with Crippen LogP contribution in [0.4, 0.5) is 0 Å². The highest BCUT2D eigenvalue weighted by molar-refractivity contribution is 5.78. The monoisotopic (exact) mass is 328 g/mol. The first kappa shape index (κ1) is 17.9. The lowest BCUT2D eigenvalue weighted by molar-refractivity contribution is -0.121. The predicted octanol–water partition coefficient (Wildman–Crippen LogP) is 2.34. The average Bonchev–Trinajstić information content (AvgIpc) is 2.60. The third-order valence-corrected chi connectivity index (χ3v) is 3.68. The van der Waals surface area contributed by atoms with Crippen LogP contribution in [0, 0.1) is 5.92 Å². The maximum atomic E-state index is 11.9. The van der Waals surface area contributed by atoms with Gasteiger partial charge in [0.05, 0.1) is 18.2 Å². The zero-order valence-electron chi connectivity index (χ0n) is 14.1. The number of nitrogens with zero attached hydrogens (tertiary/aromatic N) is 1. The molecule has 24 heavy (non-hydrogen) atoms. The summed E-state index contributed by atoms with van der Waals surface area (Å²) < 4.78 is 5.66. The number of hydrogen-bond acceptors (Lipinski definition) is 4. The second-order valence-corrected chi connectivity index (χ2v) is 6.05. The summed E-state index contributed by atoms with van der Waals surface area (Å²) in [7, 11) is 0. The van der Waals surface area contributed by atoms with Gasteiger partial charge >= 0.3 is 0 Å². The molecule has 0 aliphatic heterocycles. The lowest BCUT2D eigenvalue weighted by Crippen LogP contribution is -2.35. The van der Waals surface area contributed by atoms with E-state index in [1.165, 1.54) is 0 Å². The third kappa shape index (κ3) is 6.01. The number of rotatable bonds is 8. The zero-order chi connectivity index (χ0) is 17.4. The topological polar surface area (TPSA) is 71.5 Å². The SMILES string of the molecule is CC(C)C(O)CNC(=O)Cc1ccc(OCc2ccccn2)cc1. The standard InChI is InChI=1S/C19H24N2O3/c1-14(2)18(22)12-21-19(23)11-15-6-8-17(9-7-15)24-13-16-5-3-4-10-20-16/h3-10,14,18,22H,11-13H2,1-2H3,(H,21,23). The van der Waals surface area contributed by atoms with Crippen molar-refractivity contribution in [1.29, 1.82) is 0 Å². The van der Waals surface area contributed by atoms with Gasteiger partial charge in [-0.3, -0.25) is 9.78 Å². The van der Waals surface area contributed by atoms with Crippen LogP contribution in [0.2, 0.25) is 0 Å².